The van der Waals surface area contributed by atoms with E-state index in [2.05, 4.69) is 5.32 Å². The summed E-state index contributed by atoms with van der Waals surface area (Å²) in [4.78, 5) is 12.7. The molecule has 1 heterocycles. The Hall–Kier alpha value is -0.720. The van der Waals surface area contributed by atoms with Crippen LogP contribution in [0.15, 0.2) is 29.2 Å². The summed E-state index contributed by atoms with van der Waals surface area (Å²) in [6.07, 6.45) is 0.514. The predicted octanol–water partition coefficient (Wildman–Crippen LogP) is 1.74. The second kappa shape index (κ2) is 6.15. The molecule has 1 aliphatic heterocycles. The summed E-state index contributed by atoms with van der Waals surface area (Å²) < 4.78 is 22.5. The van der Waals surface area contributed by atoms with Gasteiger partial charge in [-0.3, -0.25) is 4.79 Å². The molecular weight excluding hydrogens is 306 g/mol. The van der Waals surface area contributed by atoms with Crippen molar-refractivity contribution < 1.29 is 13.2 Å². The summed E-state index contributed by atoms with van der Waals surface area (Å²) in [7, 11) is -2.95. The highest BCUT2D eigenvalue weighted by Crippen LogP contribution is 2.20. The highest BCUT2D eigenvalue weighted by molar-refractivity contribution is 8.00. The van der Waals surface area contributed by atoms with Crippen molar-refractivity contribution >= 4 is 39.1 Å². The topological polar surface area (TPSA) is 63.2 Å². The van der Waals surface area contributed by atoms with E-state index >= 15 is 0 Å². The van der Waals surface area contributed by atoms with Gasteiger partial charge in [0.2, 0.25) is 5.91 Å². The zero-order valence-corrected chi connectivity index (χ0v) is 12.5. The van der Waals surface area contributed by atoms with Gasteiger partial charge in [0.15, 0.2) is 9.84 Å². The minimum atomic E-state index is -2.95. The fourth-order valence-electron chi connectivity index (χ4n) is 1.86. The van der Waals surface area contributed by atoms with E-state index in [9.17, 15) is 13.2 Å². The van der Waals surface area contributed by atoms with Crippen LogP contribution in [0.25, 0.3) is 0 Å². The first kappa shape index (κ1) is 14.7. The lowest BCUT2D eigenvalue weighted by Gasteiger charge is -2.10. The third-order valence-corrected chi connectivity index (χ3v) is 5.81. The summed E-state index contributed by atoms with van der Waals surface area (Å²) >= 11 is 7.17. The van der Waals surface area contributed by atoms with Crippen molar-refractivity contribution in [2.75, 3.05) is 17.3 Å². The van der Waals surface area contributed by atoms with Crippen LogP contribution in [0.5, 0.6) is 0 Å². The summed E-state index contributed by atoms with van der Waals surface area (Å²) in [6, 6.07) is 7.00. The molecule has 1 saturated heterocycles. The Morgan fingerprint density at radius 2 is 2.05 bits per heavy atom. The van der Waals surface area contributed by atoms with E-state index in [1.807, 2.05) is 12.1 Å². The molecule has 1 aromatic rings. The zero-order chi connectivity index (χ0) is 13.9. The summed E-state index contributed by atoms with van der Waals surface area (Å²) in [5.74, 6) is 0.368. The Bertz CT molecular complexity index is 557. The quantitative estimate of drug-likeness (QED) is 0.859. The molecule has 0 spiro atoms. The van der Waals surface area contributed by atoms with Crippen LogP contribution in [0, 0.1) is 0 Å². The Kier molecular flexibility index (Phi) is 4.76. The molecule has 0 aromatic heterocycles. The molecule has 7 heteroatoms. The molecule has 0 aliphatic carbocycles. The Labute approximate surface area is 121 Å². The molecule has 1 N–H and O–H groups in total. The first-order valence-electron chi connectivity index (χ1n) is 5.83. The van der Waals surface area contributed by atoms with Crippen molar-refractivity contribution in [3.63, 3.8) is 0 Å². The van der Waals surface area contributed by atoms with Crippen LogP contribution in [0.4, 0.5) is 0 Å². The molecule has 1 atom stereocenters. The van der Waals surface area contributed by atoms with Gasteiger partial charge < -0.3 is 5.32 Å². The molecule has 104 valence electrons. The van der Waals surface area contributed by atoms with Crippen LogP contribution >= 0.6 is 23.4 Å². The lowest BCUT2D eigenvalue weighted by atomic mass is 10.3. The molecule has 4 nitrogen and oxygen atoms in total. The molecule has 1 amide bonds. The van der Waals surface area contributed by atoms with Crippen LogP contribution in [0.2, 0.25) is 5.02 Å². The summed E-state index contributed by atoms with van der Waals surface area (Å²) in [5.41, 5.74) is 0. The van der Waals surface area contributed by atoms with E-state index in [0.29, 0.717) is 11.4 Å². The van der Waals surface area contributed by atoms with Crippen LogP contribution < -0.4 is 5.32 Å². The van der Waals surface area contributed by atoms with Crippen LogP contribution in [0.1, 0.15) is 6.42 Å². The first-order chi connectivity index (χ1) is 8.94. The lowest BCUT2D eigenvalue weighted by molar-refractivity contribution is -0.119. The maximum absolute atomic E-state index is 11.7. The molecule has 1 aliphatic rings. The van der Waals surface area contributed by atoms with Crippen molar-refractivity contribution in [1.29, 1.82) is 0 Å². The molecule has 0 saturated carbocycles. The van der Waals surface area contributed by atoms with E-state index in [0.717, 1.165) is 4.90 Å². The number of hydrogen-bond acceptors (Lipinski definition) is 4. The number of carbonyl (C=O) groups excluding carboxylic acids is 1. The SMILES string of the molecule is O=C(CSc1ccc(Cl)cc1)N[C@@H]1CCS(=O)(=O)C1. The van der Waals surface area contributed by atoms with Crippen LogP contribution in [-0.4, -0.2) is 37.6 Å². The van der Waals surface area contributed by atoms with Crippen molar-refractivity contribution in [3.8, 4) is 0 Å². The van der Waals surface area contributed by atoms with Gasteiger partial charge >= 0.3 is 0 Å². The van der Waals surface area contributed by atoms with E-state index < -0.39 is 9.84 Å². The standard InChI is InChI=1S/C12H14ClNO3S2/c13-9-1-3-11(4-2-9)18-7-12(15)14-10-5-6-19(16,17)8-10/h1-4,10H,5-8H2,(H,14,15)/t10-/m1/s1. The Morgan fingerprint density at radius 3 is 2.63 bits per heavy atom. The van der Waals surface area contributed by atoms with E-state index in [-0.39, 0.29) is 29.2 Å². The summed E-state index contributed by atoms with van der Waals surface area (Å²) in [5, 5.41) is 3.41. The van der Waals surface area contributed by atoms with Gasteiger partial charge in [0.25, 0.3) is 0 Å². The molecule has 1 fully saturated rings. The number of hydrogen-bond donors (Lipinski definition) is 1. The van der Waals surface area contributed by atoms with Gasteiger partial charge in [0.05, 0.1) is 17.3 Å². The van der Waals surface area contributed by atoms with Gasteiger partial charge in [-0.15, -0.1) is 11.8 Å². The molecule has 0 bridgehead atoms. The third-order valence-electron chi connectivity index (χ3n) is 2.78. The maximum Gasteiger partial charge on any atom is 0.230 e. The second-order valence-corrected chi connectivity index (χ2v) is 8.12. The van der Waals surface area contributed by atoms with Crippen molar-refractivity contribution in [2.24, 2.45) is 0 Å². The lowest BCUT2D eigenvalue weighted by Crippen LogP contribution is -2.36. The molecule has 2 rings (SSSR count). The number of thioether (sulfide) groups is 1. The largest absolute Gasteiger partial charge is 0.352 e. The number of amides is 1. The average molecular weight is 320 g/mol. The Morgan fingerprint density at radius 1 is 1.37 bits per heavy atom. The van der Waals surface area contributed by atoms with E-state index in [1.54, 1.807) is 12.1 Å². The average Bonchev–Trinajstić information content (AvgIpc) is 2.68. The minimum absolute atomic E-state index is 0.0599. The zero-order valence-electron chi connectivity index (χ0n) is 10.1. The highest BCUT2D eigenvalue weighted by atomic mass is 35.5. The van der Waals surface area contributed by atoms with Gasteiger partial charge in [-0.25, -0.2) is 8.42 Å². The first-order valence-corrected chi connectivity index (χ1v) is 9.01. The monoisotopic (exact) mass is 319 g/mol. The van der Waals surface area contributed by atoms with Gasteiger partial charge in [0.1, 0.15) is 0 Å². The number of nitrogens with one attached hydrogen (secondary N) is 1. The molecule has 19 heavy (non-hydrogen) atoms. The molecular formula is C12H14ClNO3S2. The molecule has 1 aromatic carbocycles. The normalized spacial score (nSPS) is 21.2. The van der Waals surface area contributed by atoms with Crippen LogP contribution in [0.3, 0.4) is 0 Å². The molecule has 0 unspecified atom stereocenters. The minimum Gasteiger partial charge on any atom is -0.352 e. The predicted molar refractivity (Wildman–Crippen MR) is 77.4 cm³/mol. The van der Waals surface area contributed by atoms with Gasteiger partial charge in [-0.1, -0.05) is 11.6 Å². The fraction of sp³-hybridized carbons (Fsp3) is 0.417. The van der Waals surface area contributed by atoms with E-state index in [1.165, 1.54) is 11.8 Å². The smallest absolute Gasteiger partial charge is 0.230 e. The number of sulfone groups is 1. The van der Waals surface area contributed by atoms with Crippen molar-refractivity contribution in [2.45, 2.75) is 17.4 Å². The van der Waals surface area contributed by atoms with Gasteiger partial charge in [-0.05, 0) is 30.7 Å². The van der Waals surface area contributed by atoms with Crippen molar-refractivity contribution in [1.82, 2.24) is 5.32 Å². The van der Waals surface area contributed by atoms with Crippen LogP contribution in [-0.2, 0) is 14.6 Å². The second-order valence-electron chi connectivity index (χ2n) is 4.41. The van der Waals surface area contributed by atoms with Gasteiger partial charge in [-0.2, -0.15) is 0 Å². The number of rotatable bonds is 4. The summed E-state index contributed by atoms with van der Waals surface area (Å²) in [6.45, 7) is 0. The highest BCUT2D eigenvalue weighted by Gasteiger charge is 2.28. The van der Waals surface area contributed by atoms with Gasteiger partial charge in [0, 0.05) is 16.0 Å². The van der Waals surface area contributed by atoms with Crippen molar-refractivity contribution in [3.05, 3.63) is 29.3 Å². The Balaban J connectivity index is 1.77. The third kappa shape index (κ3) is 4.71. The number of halogens is 1. The number of benzene rings is 1. The van der Waals surface area contributed by atoms with E-state index in [4.69, 9.17) is 11.6 Å². The maximum atomic E-state index is 11.7. The fourth-order valence-corrected chi connectivity index (χ4v) is 4.37. The number of carbonyl (C=O) groups is 1. The molecule has 0 radical (unpaired) electrons.